The number of hydrogen-bond acceptors (Lipinski definition) is 3. The predicted octanol–water partition coefficient (Wildman–Crippen LogP) is 2.39. The molecule has 3 aliphatic rings. The van der Waals surface area contributed by atoms with Gasteiger partial charge in [-0.15, -0.1) is 0 Å². The van der Waals surface area contributed by atoms with E-state index in [0.29, 0.717) is 23.0 Å². The Bertz CT molecular complexity index is 242. The smallest absolute Gasteiger partial charge is 0.0680 e. The molecule has 0 bridgehead atoms. The Morgan fingerprint density at radius 1 is 0.824 bits per heavy atom. The van der Waals surface area contributed by atoms with Gasteiger partial charge in [0.05, 0.1) is 38.6 Å². The molecule has 0 radical (unpaired) electrons. The predicted molar refractivity (Wildman–Crippen MR) is 65.0 cm³/mol. The van der Waals surface area contributed by atoms with Gasteiger partial charge in [-0.25, -0.2) is 0 Å². The lowest BCUT2D eigenvalue weighted by molar-refractivity contribution is -0.225. The Morgan fingerprint density at radius 3 is 1.47 bits per heavy atom. The fraction of sp³-hybridized carbons (Fsp3) is 1.00. The summed E-state index contributed by atoms with van der Waals surface area (Å²) in [5.74, 6) is 0. The van der Waals surface area contributed by atoms with Crippen LogP contribution in [-0.2, 0) is 14.2 Å². The maximum Gasteiger partial charge on any atom is 0.0680 e. The average molecular weight is 240 g/mol. The van der Waals surface area contributed by atoms with Crippen molar-refractivity contribution in [2.75, 3.05) is 26.4 Å². The zero-order valence-electron chi connectivity index (χ0n) is 11.0. The van der Waals surface area contributed by atoms with Crippen LogP contribution >= 0.6 is 0 Å². The molecule has 0 spiro atoms. The highest BCUT2D eigenvalue weighted by atomic mass is 16.5. The molecule has 3 fully saturated rings. The number of rotatable bonds is 4. The maximum atomic E-state index is 6.40. The van der Waals surface area contributed by atoms with E-state index in [0.717, 1.165) is 26.4 Å². The Labute approximate surface area is 104 Å². The molecule has 0 aromatic carbocycles. The van der Waals surface area contributed by atoms with Crippen molar-refractivity contribution >= 4 is 0 Å². The first-order valence-corrected chi connectivity index (χ1v) is 7.06. The van der Waals surface area contributed by atoms with Gasteiger partial charge in [-0.1, -0.05) is 13.8 Å². The van der Waals surface area contributed by atoms with E-state index in [9.17, 15) is 0 Å². The van der Waals surface area contributed by atoms with Crippen molar-refractivity contribution < 1.29 is 14.2 Å². The number of ether oxygens (including phenoxy) is 3. The molecule has 0 saturated carbocycles. The van der Waals surface area contributed by atoms with E-state index in [1.807, 2.05) is 0 Å². The normalized spacial score (nSPS) is 38.5. The molecule has 3 rings (SSSR count). The molecule has 3 aliphatic heterocycles. The Hall–Kier alpha value is -0.120. The van der Waals surface area contributed by atoms with Crippen LogP contribution in [0.5, 0.6) is 0 Å². The fourth-order valence-corrected chi connectivity index (χ4v) is 3.50. The van der Waals surface area contributed by atoms with Crippen LogP contribution in [0.1, 0.15) is 39.5 Å². The third kappa shape index (κ3) is 1.66. The highest BCUT2D eigenvalue weighted by Gasteiger charge is 2.53. The van der Waals surface area contributed by atoms with Crippen LogP contribution in [0.15, 0.2) is 0 Å². The van der Waals surface area contributed by atoms with Crippen LogP contribution in [-0.4, -0.2) is 38.6 Å². The molecule has 3 saturated heterocycles. The molecule has 2 atom stereocenters. The summed E-state index contributed by atoms with van der Waals surface area (Å²) in [6.07, 6.45) is 5.64. The van der Waals surface area contributed by atoms with Crippen molar-refractivity contribution in [2.45, 2.75) is 51.7 Å². The van der Waals surface area contributed by atoms with Crippen LogP contribution < -0.4 is 0 Å². The topological polar surface area (TPSA) is 27.7 Å². The van der Waals surface area contributed by atoms with Crippen molar-refractivity contribution in [2.24, 2.45) is 10.8 Å². The second-order valence-corrected chi connectivity index (χ2v) is 6.11. The van der Waals surface area contributed by atoms with Crippen molar-refractivity contribution in [1.29, 1.82) is 0 Å². The van der Waals surface area contributed by atoms with E-state index in [2.05, 4.69) is 13.8 Å². The number of hydrogen-bond donors (Lipinski definition) is 0. The van der Waals surface area contributed by atoms with Gasteiger partial charge in [-0.2, -0.15) is 0 Å². The molecule has 3 heteroatoms. The summed E-state index contributed by atoms with van der Waals surface area (Å²) >= 11 is 0. The highest BCUT2D eigenvalue weighted by Crippen LogP contribution is 2.48. The van der Waals surface area contributed by atoms with Gasteiger partial charge in [0.2, 0.25) is 0 Å². The molecular formula is C14H24O3. The van der Waals surface area contributed by atoms with Crippen molar-refractivity contribution in [3.8, 4) is 0 Å². The minimum atomic E-state index is 0.328. The van der Waals surface area contributed by atoms with Gasteiger partial charge in [0.1, 0.15) is 0 Å². The Kier molecular flexibility index (Phi) is 2.96. The van der Waals surface area contributed by atoms with Crippen LogP contribution in [0.25, 0.3) is 0 Å². The summed E-state index contributed by atoms with van der Waals surface area (Å²) in [5, 5.41) is 0. The minimum Gasteiger partial charge on any atom is -0.380 e. The SMILES string of the molecule is CCC1(C2CCC(C3(CC)COC3)O2)COC1. The van der Waals surface area contributed by atoms with Gasteiger partial charge in [0.15, 0.2) is 0 Å². The lowest BCUT2D eigenvalue weighted by atomic mass is 9.75. The highest BCUT2D eigenvalue weighted by molar-refractivity contribution is 5.00. The van der Waals surface area contributed by atoms with Crippen molar-refractivity contribution in [3.63, 3.8) is 0 Å². The molecule has 0 aliphatic carbocycles. The summed E-state index contributed by atoms with van der Waals surface area (Å²) in [6.45, 7) is 8.13. The second-order valence-electron chi connectivity index (χ2n) is 6.11. The van der Waals surface area contributed by atoms with E-state index in [4.69, 9.17) is 14.2 Å². The Morgan fingerprint density at radius 2 is 1.24 bits per heavy atom. The summed E-state index contributed by atoms with van der Waals surface area (Å²) in [7, 11) is 0. The minimum absolute atomic E-state index is 0.328. The Balaban J connectivity index is 1.65. The first-order valence-electron chi connectivity index (χ1n) is 7.06. The molecular weight excluding hydrogens is 216 g/mol. The molecule has 3 nitrogen and oxygen atoms in total. The van der Waals surface area contributed by atoms with E-state index >= 15 is 0 Å². The molecule has 0 amide bonds. The molecule has 3 heterocycles. The van der Waals surface area contributed by atoms with Crippen LogP contribution in [0, 0.1) is 10.8 Å². The molecule has 17 heavy (non-hydrogen) atoms. The summed E-state index contributed by atoms with van der Waals surface area (Å²) < 4.78 is 17.2. The quantitative estimate of drug-likeness (QED) is 0.755. The standard InChI is InChI=1S/C14H24O3/c1-3-13(7-15-8-13)11-5-6-12(17-11)14(4-2)9-16-10-14/h11-12H,3-10H2,1-2H3. The maximum absolute atomic E-state index is 6.40. The van der Waals surface area contributed by atoms with E-state index < -0.39 is 0 Å². The van der Waals surface area contributed by atoms with Gasteiger partial charge in [-0.3, -0.25) is 0 Å². The summed E-state index contributed by atoms with van der Waals surface area (Å²) in [4.78, 5) is 0. The molecule has 0 aromatic heterocycles. The zero-order chi connectivity index (χ0) is 11.9. The third-order valence-corrected chi connectivity index (χ3v) is 5.35. The van der Waals surface area contributed by atoms with Gasteiger partial charge in [0, 0.05) is 10.8 Å². The van der Waals surface area contributed by atoms with Gasteiger partial charge in [-0.05, 0) is 25.7 Å². The monoisotopic (exact) mass is 240 g/mol. The van der Waals surface area contributed by atoms with Crippen LogP contribution in [0.3, 0.4) is 0 Å². The van der Waals surface area contributed by atoms with Gasteiger partial charge >= 0.3 is 0 Å². The van der Waals surface area contributed by atoms with Crippen LogP contribution in [0.4, 0.5) is 0 Å². The largest absolute Gasteiger partial charge is 0.380 e. The van der Waals surface area contributed by atoms with Gasteiger partial charge in [0.25, 0.3) is 0 Å². The van der Waals surface area contributed by atoms with Crippen molar-refractivity contribution in [1.82, 2.24) is 0 Å². The summed E-state index contributed by atoms with van der Waals surface area (Å²) in [6, 6.07) is 0. The van der Waals surface area contributed by atoms with Crippen LogP contribution in [0.2, 0.25) is 0 Å². The first kappa shape index (κ1) is 11.9. The van der Waals surface area contributed by atoms with E-state index in [-0.39, 0.29) is 0 Å². The van der Waals surface area contributed by atoms with E-state index in [1.165, 1.54) is 25.7 Å². The molecule has 2 unspecified atom stereocenters. The van der Waals surface area contributed by atoms with Crippen molar-refractivity contribution in [3.05, 3.63) is 0 Å². The molecule has 0 aromatic rings. The zero-order valence-corrected chi connectivity index (χ0v) is 11.0. The third-order valence-electron chi connectivity index (χ3n) is 5.35. The average Bonchev–Trinajstić information content (AvgIpc) is 2.67. The summed E-state index contributed by atoms with van der Waals surface area (Å²) in [5.41, 5.74) is 0.655. The van der Waals surface area contributed by atoms with Gasteiger partial charge < -0.3 is 14.2 Å². The lowest BCUT2D eigenvalue weighted by Gasteiger charge is -2.48. The fourth-order valence-electron chi connectivity index (χ4n) is 3.50. The van der Waals surface area contributed by atoms with E-state index in [1.54, 1.807) is 0 Å². The first-order chi connectivity index (χ1) is 8.25. The second kappa shape index (κ2) is 4.22. The lowest BCUT2D eigenvalue weighted by Crippen LogP contribution is -2.54. The molecule has 98 valence electrons. The molecule has 0 N–H and O–H groups in total.